The van der Waals surface area contributed by atoms with Gasteiger partial charge in [-0.25, -0.2) is 16.8 Å². The summed E-state index contributed by atoms with van der Waals surface area (Å²) in [7, 11) is -9.92. The Kier molecular flexibility index (Phi) is 16.6. The molecule has 0 amide bonds. The summed E-state index contributed by atoms with van der Waals surface area (Å²) in [6.07, 6.45) is 0. The van der Waals surface area contributed by atoms with Gasteiger partial charge >= 0.3 is 59.1 Å². The maximum atomic E-state index is 11.9. The van der Waals surface area contributed by atoms with E-state index in [1.165, 1.54) is 12.1 Å². The van der Waals surface area contributed by atoms with E-state index in [-0.39, 0.29) is 118 Å². The second kappa shape index (κ2) is 17.8. The number of rotatable bonds is 11. The van der Waals surface area contributed by atoms with Gasteiger partial charge in [0, 0.05) is 53.5 Å². The van der Waals surface area contributed by atoms with Crippen LogP contribution in [0, 0.1) is 6.92 Å². The molecular formula is C24H19N3Na3O11S3. The van der Waals surface area contributed by atoms with Gasteiger partial charge in [-0.05, 0) is 65.4 Å². The molecule has 0 aliphatic heterocycles. The molecule has 0 saturated heterocycles. The average molecular weight is 691 g/mol. The van der Waals surface area contributed by atoms with E-state index in [1.54, 1.807) is 37.3 Å². The van der Waals surface area contributed by atoms with Crippen LogP contribution in [0.5, 0.6) is 17.2 Å². The number of phenolic OH excluding ortho intramolecular Hbond substituents is 1. The molecule has 1 radical (unpaired) electrons. The number of para-hydroxylation sites is 1. The fraction of sp³-hybridized carbons (Fsp3) is 0.0833. The molecule has 0 fully saturated rings. The number of azo groups is 1. The van der Waals surface area contributed by atoms with E-state index in [2.05, 4.69) is 37.8 Å². The van der Waals surface area contributed by atoms with E-state index in [0.29, 0.717) is 11.3 Å². The van der Waals surface area contributed by atoms with E-state index >= 15 is 0 Å². The van der Waals surface area contributed by atoms with Gasteiger partial charge in [0.25, 0.3) is 0 Å². The Morgan fingerprint density at radius 2 is 1.61 bits per heavy atom. The van der Waals surface area contributed by atoms with Crippen molar-refractivity contribution in [3.05, 3.63) is 72.3 Å². The van der Waals surface area contributed by atoms with Gasteiger partial charge in [-0.2, -0.15) is 0 Å². The number of nitrogens with zero attached hydrogens (tertiary/aromatic N) is 2. The van der Waals surface area contributed by atoms with E-state index < -0.39 is 47.2 Å². The van der Waals surface area contributed by atoms with Gasteiger partial charge in [0.05, 0.1) is 9.79 Å². The Bertz CT molecular complexity index is 1850. The largest absolute Gasteiger partial charge is 1.00 e. The molecule has 0 aliphatic rings. The smallest absolute Gasteiger partial charge is 0.744 e. The van der Waals surface area contributed by atoms with Crippen molar-refractivity contribution in [2.45, 2.75) is 16.7 Å². The molecule has 0 heterocycles. The Hall–Kier alpha value is -0.970. The minimum atomic E-state index is -4.97. The number of fused-ring (bicyclic) bond motifs is 1. The van der Waals surface area contributed by atoms with E-state index in [0.717, 1.165) is 24.3 Å². The molecule has 217 valence electrons. The van der Waals surface area contributed by atoms with Crippen LogP contribution in [0.25, 0.3) is 10.8 Å². The molecule has 0 saturated carbocycles. The van der Waals surface area contributed by atoms with Crippen LogP contribution < -0.4 is 74.1 Å². The first-order valence-corrected chi connectivity index (χ1v) is 14.4. The van der Waals surface area contributed by atoms with Gasteiger partial charge in [-0.3, -0.25) is 0 Å². The van der Waals surface area contributed by atoms with Gasteiger partial charge in [-0.1, -0.05) is 24.3 Å². The molecule has 0 unspecified atom stereocenters. The van der Waals surface area contributed by atoms with Crippen molar-refractivity contribution in [2.75, 3.05) is 12.0 Å². The number of phenols is 1. The summed E-state index contributed by atoms with van der Waals surface area (Å²) in [5.74, 6) is -0.615. The summed E-state index contributed by atoms with van der Waals surface area (Å²) < 4.78 is 80.5. The molecule has 44 heavy (non-hydrogen) atoms. The zero-order valence-electron chi connectivity index (χ0n) is 23.7. The van der Waals surface area contributed by atoms with Crippen molar-refractivity contribution in [2.24, 2.45) is 10.2 Å². The summed E-state index contributed by atoms with van der Waals surface area (Å²) in [6.45, 7) is 1.35. The third-order valence-corrected chi connectivity index (χ3v) is 7.19. The van der Waals surface area contributed by atoms with Gasteiger partial charge in [0.15, 0.2) is 18.2 Å². The van der Waals surface area contributed by atoms with Crippen LogP contribution >= 0.6 is 12.9 Å². The Balaban J connectivity index is 0.00000323. The van der Waals surface area contributed by atoms with Crippen LogP contribution in [-0.2, 0) is 29.6 Å². The van der Waals surface area contributed by atoms with Crippen LogP contribution in [0.4, 0.5) is 17.1 Å². The van der Waals surface area contributed by atoms with E-state index in [9.17, 15) is 31.0 Å². The molecule has 4 aromatic carbocycles. The molecular weight excluding hydrogens is 671 g/mol. The first-order chi connectivity index (χ1) is 19.4. The van der Waals surface area contributed by atoms with Crippen LogP contribution in [0.3, 0.4) is 0 Å². The van der Waals surface area contributed by atoms with Crippen LogP contribution in [-0.4, -0.2) is 67.3 Å². The quantitative estimate of drug-likeness (QED) is 0.0234. The number of thiol groups is 1. The maximum Gasteiger partial charge on any atom is 1.00 e. The zero-order valence-corrected chi connectivity index (χ0v) is 32.3. The number of hydrogen-bond donors (Lipinski definition) is 3. The molecule has 0 spiro atoms. The second-order valence-electron chi connectivity index (χ2n) is 8.22. The van der Waals surface area contributed by atoms with Crippen molar-refractivity contribution < 1.29 is 109 Å². The van der Waals surface area contributed by atoms with Crippen LogP contribution in [0.2, 0.25) is 0 Å². The summed E-state index contributed by atoms with van der Waals surface area (Å²) in [5.41, 5.74) is -0.391. The topological polar surface area (TPSA) is 208 Å². The number of hydrogen-bond acceptors (Lipinski definition) is 15. The molecule has 0 aromatic heterocycles. The molecule has 20 heteroatoms. The summed E-state index contributed by atoms with van der Waals surface area (Å²) >= 11 is 3.38. The fourth-order valence-electron chi connectivity index (χ4n) is 3.68. The third kappa shape index (κ3) is 10.5. The number of ether oxygens (including phenoxy) is 1. The Morgan fingerprint density at radius 1 is 0.932 bits per heavy atom. The van der Waals surface area contributed by atoms with Crippen molar-refractivity contribution >= 4 is 90.5 Å². The van der Waals surface area contributed by atoms with Gasteiger partial charge < -0.3 is 29.2 Å². The Morgan fingerprint density at radius 3 is 2.23 bits per heavy atom. The van der Waals surface area contributed by atoms with Crippen molar-refractivity contribution in [1.82, 2.24) is 0 Å². The van der Waals surface area contributed by atoms with Crippen molar-refractivity contribution in [3.8, 4) is 17.2 Å². The molecule has 2 N–H and O–H groups in total. The predicted octanol–water partition coefficient (Wildman–Crippen LogP) is -1.76. The van der Waals surface area contributed by atoms with E-state index in [1.807, 2.05) is 0 Å². The van der Waals surface area contributed by atoms with Crippen molar-refractivity contribution in [3.63, 3.8) is 0 Å². The maximum absolute atomic E-state index is 11.9. The monoisotopic (exact) mass is 690 g/mol. The molecule has 4 rings (SSSR count). The van der Waals surface area contributed by atoms with Gasteiger partial charge in [-0.15, -0.1) is 14.6 Å². The summed E-state index contributed by atoms with van der Waals surface area (Å²) in [5, 5.41) is 26.0. The zero-order chi connectivity index (χ0) is 29.8. The number of benzene rings is 4. The SMILES string of the molecule is Cc1ccc(N=Nc2c(OOOS)cc3cc(S(=O)(=O)[O-])cc(NCOc4ccccc4)c3c2O)c(S(=O)(=O)[O-])c1.[Na+].[Na+].[Na]. The first kappa shape index (κ1) is 41.1. The number of anilines is 1. The molecule has 0 aliphatic carbocycles. The standard InChI is InChI=1S/C24H21N3O11S3.3Na/c1-14-7-8-18(21(9-14)41(32,33)34)26-27-23-20(36-37-38-39)11-15-10-17(40(29,30)31)12-19(22(15)24(23)28)25-13-35-16-5-3-2-4-6-16;;;/h2-12,25,28,39H,13H2,1H3,(H,29,30,31)(H,32,33,34);;;/q;;2*+1/p-2. The van der Waals surface area contributed by atoms with Gasteiger partial charge in [0.1, 0.15) is 31.7 Å². The minimum Gasteiger partial charge on any atom is -0.744 e. The number of aromatic hydroxyl groups is 1. The second-order valence-corrected chi connectivity index (χ2v) is 11.1. The van der Waals surface area contributed by atoms with Crippen LogP contribution in [0.1, 0.15) is 5.56 Å². The fourth-order valence-corrected chi connectivity index (χ4v) is 4.94. The number of nitrogens with one attached hydrogen (secondary N) is 1. The summed E-state index contributed by atoms with van der Waals surface area (Å²) in [4.78, 5) is 3.61. The first-order valence-electron chi connectivity index (χ1n) is 11.2. The van der Waals surface area contributed by atoms with Crippen LogP contribution in [0.15, 0.2) is 86.7 Å². The molecule has 14 nitrogen and oxygen atoms in total. The molecule has 4 aromatic rings. The molecule has 0 bridgehead atoms. The van der Waals surface area contributed by atoms with E-state index in [4.69, 9.17) is 9.62 Å². The minimum absolute atomic E-state index is 0. The molecule has 0 atom stereocenters. The average Bonchev–Trinajstić information content (AvgIpc) is 2.91. The van der Waals surface area contributed by atoms with Gasteiger partial charge in [0.2, 0.25) is 5.75 Å². The normalized spacial score (nSPS) is 11.3. The summed E-state index contributed by atoms with van der Waals surface area (Å²) in [6, 6.07) is 15.5. The number of aryl methyl sites for hydroxylation is 1. The van der Waals surface area contributed by atoms with Crippen molar-refractivity contribution in [1.29, 1.82) is 0 Å². The third-order valence-electron chi connectivity index (χ3n) is 5.45. The Labute approximate surface area is 324 Å². The predicted molar refractivity (Wildman–Crippen MR) is 150 cm³/mol.